The molecule has 1 aliphatic heterocycles. The predicted molar refractivity (Wildman–Crippen MR) is 156 cm³/mol. The molecule has 1 N–H and O–H groups in total. The first-order valence-electron chi connectivity index (χ1n) is 13.3. The second-order valence-corrected chi connectivity index (χ2v) is 14.3. The van der Waals surface area contributed by atoms with Gasteiger partial charge in [0.1, 0.15) is 5.75 Å². The summed E-state index contributed by atoms with van der Waals surface area (Å²) in [6, 6.07) is 18.2. The fourth-order valence-electron chi connectivity index (χ4n) is 4.46. The first-order valence-corrected chi connectivity index (χ1v) is 14.9. The van der Waals surface area contributed by atoms with Gasteiger partial charge in [0.05, 0.1) is 23.5 Å². The Balaban J connectivity index is 1.84. The van der Waals surface area contributed by atoms with E-state index in [9.17, 15) is 4.57 Å². The minimum Gasteiger partial charge on any atom is -0.461 e. The van der Waals surface area contributed by atoms with Crippen LogP contribution in [0, 0.1) is 6.92 Å². The van der Waals surface area contributed by atoms with E-state index in [-0.39, 0.29) is 6.61 Å². The van der Waals surface area contributed by atoms with E-state index in [1.807, 2.05) is 105 Å². The first kappa shape index (κ1) is 29.3. The second kappa shape index (κ2) is 10.7. The van der Waals surface area contributed by atoms with Crippen LogP contribution in [0.4, 0.5) is 5.69 Å². The molecule has 210 valence electrons. The molecule has 0 saturated carbocycles. The Morgan fingerprint density at radius 2 is 1.49 bits per heavy atom. The highest BCUT2D eigenvalue weighted by atomic mass is 31.2. The highest BCUT2D eigenvalue weighted by Crippen LogP contribution is 2.65. The molecule has 0 bridgehead atoms. The van der Waals surface area contributed by atoms with Crippen molar-refractivity contribution in [2.45, 2.75) is 91.7 Å². The van der Waals surface area contributed by atoms with Crippen LogP contribution in [-0.2, 0) is 25.0 Å². The number of anilines is 1. The highest BCUT2D eigenvalue weighted by molar-refractivity contribution is 7.54. The summed E-state index contributed by atoms with van der Waals surface area (Å²) in [5.41, 5.74) is 3.63. The molecule has 0 fully saturated rings. The molecule has 2 heterocycles. The maximum absolute atomic E-state index is 14.9. The molecule has 0 aliphatic carbocycles. The number of nitrogens with zero attached hydrogens (tertiary/aromatic N) is 1. The van der Waals surface area contributed by atoms with E-state index < -0.39 is 30.4 Å². The number of aromatic nitrogens is 1. The van der Waals surface area contributed by atoms with Crippen molar-refractivity contribution in [3.63, 3.8) is 0 Å². The van der Waals surface area contributed by atoms with Crippen LogP contribution < -0.4 is 10.1 Å². The molecule has 1 atom stereocenters. The lowest BCUT2D eigenvalue weighted by atomic mass is 10.0. The van der Waals surface area contributed by atoms with Crippen LogP contribution >= 0.6 is 7.60 Å². The lowest BCUT2D eigenvalue weighted by Gasteiger charge is -2.39. The molecule has 1 aromatic heterocycles. The number of fused-ring (bicyclic) bond motifs is 1. The summed E-state index contributed by atoms with van der Waals surface area (Å²) in [5.74, 6) is -1.05. The average molecular weight is 553 g/mol. The van der Waals surface area contributed by atoms with Gasteiger partial charge in [-0.1, -0.05) is 42.5 Å². The van der Waals surface area contributed by atoms with Crippen LogP contribution in [-0.4, -0.2) is 22.0 Å². The molecule has 2 aromatic carbocycles. The molecule has 7 nitrogen and oxygen atoms in total. The second-order valence-electron chi connectivity index (χ2n) is 12.3. The number of benzene rings is 2. The molecule has 8 heteroatoms. The molecule has 0 radical (unpaired) electrons. The summed E-state index contributed by atoms with van der Waals surface area (Å²) in [4.78, 5) is 4.63. The zero-order valence-electron chi connectivity index (χ0n) is 24.5. The molecule has 1 unspecified atom stereocenters. The van der Waals surface area contributed by atoms with Gasteiger partial charge >= 0.3 is 7.60 Å². The van der Waals surface area contributed by atoms with Gasteiger partial charge < -0.3 is 23.8 Å². The van der Waals surface area contributed by atoms with Crippen LogP contribution in [0.1, 0.15) is 78.0 Å². The maximum Gasteiger partial charge on any atom is 0.358 e. The number of pyridine rings is 1. The van der Waals surface area contributed by atoms with Gasteiger partial charge in [0.2, 0.25) is 5.79 Å². The van der Waals surface area contributed by atoms with Crippen molar-refractivity contribution < 1.29 is 23.1 Å². The lowest BCUT2D eigenvalue weighted by molar-refractivity contribution is -0.180. The van der Waals surface area contributed by atoms with Gasteiger partial charge in [-0.3, -0.25) is 9.55 Å². The maximum atomic E-state index is 14.9. The monoisotopic (exact) mass is 552 g/mol. The molecule has 39 heavy (non-hydrogen) atoms. The summed E-state index contributed by atoms with van der Waals surface area (Å²) in [7, 11) is -3.89. The van der Waals surface area contributed by atoms with E-state index in [0.717, 1.165) is 28.1 Å². The van der Waals surface area contributed by atoms with E-state index in [0.29, 0.717) is 11.3 Å². The summed E-state index contributed by atoms with van der Waals surface area (Å²) in [5, 5.41) is 3.49. The van der Waals surface area contributed by atoms with Gasteiger partial charge in [-0.25, -0.2) is 0 Å². The number of nitrogens with one attached hydrogen (secondary N) is 1. The largest absolute Gasteiger partial charge is 0.461 e. The van der Waals surface area contributed by atoms with Crippen molar-refractivity contribution in [2.24, 2.45) is 0 Å². The van der Waals surface area contributed by atoms with E-state index in [1.54, 1.807) is 6.20 Å². The van der Waals surface area contributed by atoms with Crippen LogP contribution in [0.2, 0.25) is 0 Å². The van der Waals surface area contributed by atoms with Gasteiger partial charge in [-0.05, 0) is 71.7 Å². The van der Waals surface area contributed by atoms with E-state index in [1.165, 1.54) is 0 Å². The SMILES string of the molecule is Cc1ncc(C(Nc2ccc(-c3ccccc3)cc2)P(=O)(OC(C)(C)C)OC(C)(C)C)c2c1OC(C)(C)OC2. The van der Waals surface area contributed by atoms with Gasteiger partial charge in [-0.15, -0.1) is 0 Å². The molecule has 4 rings (SSSR count). The minimum absolute atomic E-state index is 0.275. The van der Waals surface area contributed by atoms with Gasteiger partial charge in [0, 0.05) is 36.9 Å². The van der Waals surface area contributed by atoms with Crippen LogP contribution in [0.3, 0.4) is 0 Å². The van der Waals surface area contributed by atoms with Crippen molar-refractivity contribution in [2.75, 3.05) is 5.32 Å². The van der Waals surface area contributed by atoms with Gasteiger partial charge in [-0.2, -0.15) is 0 Å². The number of ether oxygens (including phenoxy) is 2. The van der Waals surface area contributed by atoms with Crippen LogP contribution in [0.5, 0.6) is 5.75 Å². The normalized spacial score (nSPS) is 16.2. The molecular formula is C31H41N2O5P. The summed E-state index contributed by atoms with van der Waals surface area (Å²) >= 11 is 0. The van der Waals surface area contributed by atoms with Crippen molar-refractivity contribution in [3.05, 3.63) is 77.6 Å². The molecule has 0 saturated heterocycles. The topological polar surface area (TPSA) is 78.9 Å². The Bertz CT molecular complexity index is 1320. The summed E-state index contributed by atoms with van der Waals surface area (Å²) in [6.07, 6.45) is 1.72. The minimum atomic E-state index is -3.89. The van der Waals surface area contributed by atoms with Gasteiger partial charge in [0.25, 0.3) is 0 Å². The molecular weight excluding hydrogens is 511 g/mol. The molecule has 0 amide bonds. The smallest absolute Gasteiger partial charge is 0.358 e. The van der Waals surface area contributed by atoms with Crippen molar-refractivity contribution in [3.8, 4) is 16.9 Å². The number of rotatable bonds is 7. The standard InChI is InChI=1S/C31H41N2O5P/c1-21-27-26(20-35-31(8,9)36-27)25(19-32-21)28(39(34,37-29(2,3)4)38-30(5,6)7)33-24-17-15-23(16-18-24)22-13-11-10-12-14-22/h10-19,28,33H,20H2,1-9H3. The Morgan fingerprint density at radius 3 is 2.05 bits per heavy atom. The average Bonchev–Trinajstić information content (AvgIpc) is 2.81. The van der Waals surface area contributed by atoms with E-state index in [2.05, 4.69) is 22.4 Å². The number of hydrogen-bond acceptors (Lipinski definition) is 7. The molecule has 3 aromatic rings. The van der Waals surface area contributed by atoms with E-state index in [4.69, 9.17) is 18.5 Å². The predicted octanol–water partition coefficient (Wildman–Crippen LogP) is 8.64. The Kier molecular flexibility index (Phi) is 8.04. The summed E-state index contributed by atoms with van der Waals surface area (Å²) < 4.78 is 39.7. The van der Waals surface area contributed by atoms with Crippen LogP contribution in [0.15, 0.2) is 60.8 Å². The van der Waals surface area contributed by atoms with Crippen molar-refractivity contribution >= 4 is 13.3 Å². The first-order chi connectivity index (χ1) is 18.1. The quantitative estimate of drug-likeness (QED) is 0.294. The van der Waals surface area contributed by atoms with Crippen molar-refractivity contribution in [1.82, 2.24) is 4.98 Å². The third-order valence-electron chi connectivity index (χ3n) is 5.97. The van der Waals surface area contributed by atoms with Crippen molar-refractivity contribution in [1.29, 1.82) is 0 Å². The fourth-order valence-corrected chi connectivity index (χ4v) is 7.10. The third-order valence-corrected chi connectivity index (χ3v) is 8.61. The number of aryl methyl sites for hydroxylation is 1. The molecule has 0 spiro atoms. The Labute approximate surface area is 232 Å². The Hall–Kier alpha value is -2.70. The molecule has 1 aliphatic rings. The number of hydrogen-bond donors (Lipinski definition) is 1. The van der Waals surface area contributed by atoms with E-state index >= 15 is 0 Å². The highest BCUT2D eigenvalue weighted by Gasteiger charge is 2.46. The summed E-state index contributed by atoms with van der Waals surface area (Å²) in [6.45, 7) is 17.1. The zero-order valence-corrected chi connectivity index (χ0v) is 25.4. The third kappa shape index (κ3) is 7.29. The fraction of sp³-hybridized carbons (Fsp3) is 0.452. The lowest BCUT2D eigenvalue weighted by Crippen LogP contribution is -2.37. The zero-order chi connectivity index (χ0) is 28.6. The van der Waals surface area contributed by atoms with Crippen LogP contribution in [0.25, 0.3) is 11.1 Å². The Morgan fingerprint density at radius 1 is 0.923 bits per heavy atom. The van der Waals surface area contributed by atoms with Gasteiger partial charge in [0.15, 0.2) is 5.78 Å².